The highest BCUT2D eigenvalue weighted by atomic mass is 32.1. The molecule has 0 N–H and O–H groups in total. The number of fused-ring (bicyclic) bond motifs is 1. The van der Waals surface area contributed by atoms with E-state index in [0.717, 1.165) is 10.5 Å². The smallest absolute Gasteiger partial charge is 0.357 e. The Morgan fingerprint density at radius 1 is 1.22 bits per heavy atom. The maximum atomic E-state index is 12.7. The molecule has 8 heteroatoms. The van der Waals surface area contributed by atoms with Gasteiger partial charge in [-0.3, -0.25) is 4.79 Å². The van der Waals surface area contributed by atoms with Crippen molar-refractivity contribution in [1.29, 1.82) is 0 Å². The fraction of sp³-hybridized carbons (Fsp3) is 0.316. The van der Waals surface area contributed by atoms with Gasteiger partial charge in [-0.05, 0) is 19.1 Å². The number of rotatable bonds is 4. The third kappa shape index (κ3) is 3.52. The van der Waals surface area contributed by atoms with Gasteiger partial charge in [-0.25, -0.2) is 9.78 Å². The fourth-order valence-corrected chi connectivity index (χ4v) is 3.90. The first-order chi connectivity index (χ1) is 13.2. The predicted octanol–water partition coefficient (Wildman–Crippen LogP) is 3.03. The molecule has 2 aromatic heterocycles. The number of piperazine rings is 1. The molecule has 1 aliphatic rings. The van der Waals surface area contributed by atoms with Crippen LogP contribution in [0.15, 0.2) is 40.1 Å². The Kier molecular flexibility index (Phi) is 4.81. The maximum Gasteiger partial charge on any atom is 0.357 e. The van der Waals surface area contributed by atoms with Gasteiger partial charge in [0.25, 0.3) is 5.91 Å². The number of para-hydroxylation sites is 1. The molecule has 3 heterocycles. The summed E-state index contributed by atoms with van der Waals surface area (Å²) in [5, 5.41) is 3.40. The molecule has 1 saturated heterocycles. The van der Waals surface area contributed by atoms with Crippen LogP contribution < -0.4 is 4.90 Å². The van der Waals surface area contributed by atoms with Crippen LogP contribution in [0.4, 0.5) is 5.13 Å². The van der Waals surface area contributed by atoms with Gasteiger partial charge in [0.05, 0.1) is 6.61 Å². The van der Waals surface area contributed by atoms with Crippen molar-refractivity contribution in [3.63, 3.8) is 0 Å². The summed E-state index contributed by atoms with van der Waals surface area (Å²) < 4.78 is 10.7. The van der Waals surface area contributed by atoms with E-state index in [0.29, 0.717) is 49.8 Å². The molecule has 1 aromatic carbocycles. The molecule has 27 heavy (non-hydrogen) atoms. The van der Waals surface area contributed by atoms with Gasteiger partial charge in [-0.1, -0.05) is 18.2 Å². The molecule has 0 saturated carbocycles. The molecular weight excluding hydrogens is 366 g/mol. The number of anilines is 1. The van der Waals surface area contributed by atoms with Crippen molar-refractivity contribution >= 4 is 39.3 Å². The lowest BCUT2D eigenvalue weighted by Crippen LogP contribution is -2.48. The molecule has 1 aliphatic heterocycles. The van der Waals surface area contributed by atoms with Gasteiger partial charge in [-0.15, -0.1) is 11.3 Å². The first-order valence-corrected chi connectivity index (χ1v) is 9.69. The van der Waals surface area contributed by atoms with Crippen molar-refractivity contribution in [2.75, 3.05) is 37.7 Å². The Balaban J connectivity index is 1.40. The number of hydrogen-bond acceptors (Lipinski definition) is 7. The molecule has 0 aliphatic carbocycles. The summed E-state index contributed by atoms with van der Waals surface area (Å²) in [5.41, 5.74) is 1.05. The average Bonchev–Trinajstić information content (AvgIpc) is 3.35. The second kappa shape index (κ2) is 7.40. The van der Waals surface area contributed by atoms with E-state index in [2.05, 4.69) is 9.88 Å². The van der Waals surface area contributed by atoms with Gasteiger partial charge < -0.3 is 19.0 Å². The number of benzene rings is 1. The maximum absolute atomic E-state index is 12.7. The molecule has 140 valence electrons. The van der Waals surface area contributed by atoms with Crippen molar-refractivity contribution in [3.8, 4) is 0 Å². The van der Waals surface area contributed by atoms with Crippen LogP contribution in [-0.4, -0.2) is 54.5 Å². The molecule has 1 fully saturated rings. The number of carbonyl (C=O) groups is 2. The first kappa shape index (κ1) is 17.5. The minimum Gasteiger partial charge on any atom is -0.461 e. The van der Waals surface area contributed by atoms with Crippen LogP contribution >= 0.6 is 11.3 Å². The molecule has 0 unspecified atom stereocenters. The van der Waals surface area contributed by atoms with Gasteiger partial charge >= 0.3 is 5.97 Å². The molecule has 7 nitrogen and oxygen atoms in total. The van der Waals surface area contributed by atoms with Crippen molar-refractivity contribution in [3.05, 3.63) is 47.2 Å². The van der Waals surface area contributed by atoms with Crippen LogP contribution in [0, 0.1) is 0 Å². The summed E-state index contributed by atoms with van der Waals surface area (Å²) in [7, 11) is 0. The Morgan fingerprint density at radius 2 is 2.00 bits per heavy atom. The number of hydrogen-bond donors (Lipinski definition) is 0. The van der Waals surface area contributed by atoms with Crippen molar-refractivity contribution < 1.29 is 18.7 Å². The highest BCUT2D eigenvalue weighted by Crippen LogP contribution is 2.24. The van der Waals surface area contributed by atoms with Crippen LogP contribution in [-0.2, 0) is 4.74 Å². The highest BCUT2D eigenvalue weighted by molar-refractivity contribution is 7.13. The van der Waals surface area contributed by atoms with E-state index in [4.69, 9.17) is 9.15 Å². The normalized spacial score (nSPS) is 14.6. The minimum absolute atomic E-state index is 0.0998. The number of esters is 1. The fourth-order valence-electron chi connectivity index (χ4n) is 3.05. The van der Waals surface area contributed by atoms with Crippen LogP contribution in [0.5, 0.6) is 0 Å². The zero-order chi connectivity index (χ0) is 18.8. The lowest BCUT2D eigenvalue weighted by atomic mass is 10.2. The molecule has 3 aromatic rings. The molecule has 0 atom stereocenters. The van der Waals surface area contributed by atoms with E-state index in [1.165, 1.54) is 11.3 Å². The van der Waals surface area contributed by atoms with Crippen LogP contribution in [0.3, 0.4) is 0 Å². The Labute approximate surface area is 160 Å². The summed E-state index contributed by atoms with van der Waals surface area (Å²) in [4.78, 5) is 32.7. The largest absolute Gasteiger partial charge is 0.461 e. The number of ether oxygens (including phenoxy) is 1. The van der Waals surface area contributed by atoms with Crippen molar-refractivity contribution in [2.45, 2.75) is 6.92 Å². The predicted molar refractivity (Wildman–Crippen MR) is 102 cm³/mol. The van der Waals surface area contributed by atoms with E-state index in [9.17, 15) is 9.59 Å². The summed E-state index contributed by atoms with van der Waals surface area (Å²) in [6.07, 6.45) is 0. The summed E-state index contributed by atoms with van der Waals surface area (Å²) in [6.45, 7) is 4.55. The van der Waals surface area contributed by atoms with Crippen LogP contribution in [0.1, 0.15) is 28.0 Å². The molecule has 0 radical (unpaired) electrons. The topological polar surface area (TPSA) is 75.9 Å². The summed E-state index contributed by atoms with van der Waals surface area (Å²) in [6, 6.07) is 9.38. The standard InChI is InChI=1S/C19H19N3O4S/c1-2-25-18(24)14-12-27-19(20-14)22-9-7-21(8-10-22)17(23)16-11-13-5-3-4-6-15(13)26-16/h3-6,11-12H,2,7-10H2,1H3. The third-order valence-electron chi connectivity index (χ3n) is 4.45. The van der Waals surface area contributed by atoms with E-state index < -0.39 is 5.97 Å². The van der Waals surface area contributed by atoms with E-state index in [-0.39, 0.29) is 5.91 Å². The monoisotopic (exact) mass is 385 g/mol. The number of amides is 1. The SMILES string of the molecule is CCOC(=O)c1csc(N2CCN(C(=O)c3cc4ccccc4o3)CC2)n1. The van der Waals surface area contributed by atoms with Gasteiger partial charge in [0.1, 0.15) is 5.58 Å². The van der Waals surface area contributed by atoms with Crippen molar-refractivity contribution in [1.82, 2.24) is 9.88 Å². The molecule has 0 spiro atoms. The third-order valence-corrected chi connectivity index (χ3v) is 5.35. The van der Waals surface area contributed by atoms with Gasteiger partial charge in [-0.2, -0.15) is 0 Å². The van der Waals surface area contributed by atoms with Gasteiger partial charge in [0, 0.05) is 36.9 Å². The summed E-state index contributed by atoms with van der Waals surface area (Å²) >= 11 is 1.41. The number of nitrogens with zero attached hydrogens (tertiary/aromatic N) is 3. The number of carbonyl (C=O) groups excluding carboxylic acids is 2. The lowest BCUT2D eigenvalue weighted by molar-refractivity contribution is 0.0520. The Bertz CT molecular complexity index is 939. The number of furan rings is 1. The zero-order valence-electron chi connectivity index (χ0n) is 14.9. The van der Waals surface area contributed by atoms with Crippen LogP contribution in [0.2, 0.25) is 0 Å². The quantitative estimate of drug-likeness (QED) is 0.643. The molecular formula is C19H19N3O4S. The first-order valence-electron chi connectivity index (χ1n) is 8.81. The summed E-state index contributed by atoms with van der Waals surface area (Å²) in [5.74, 6) is -0.139. The minimum atomic E-state index is -0.404. The molecule has 4 rings (SSSR count). The van der Waals surface area contributed by atoms with Crippen molar-refractivity contribution in [2.24, 2.45) is 0 Å². The lowest BCUT2D eigenvalue weighted by Gasteiger charge is -2.34. The van der Waals surface area contributed by atoms with E-state index in [1.54, 1.807) is 23.3 Å². The van der Waals surface area contributed by atoms with Gasteiger partial charge in [0.2, 0.25) is 0 Å². The molecule has 1 amide bonds. The Hall–Kier alpha value is -2.87. The average molecular weight is 385 g/mol. The second-order valence-electron chi connectivity index (χ2n) is 6.16. The van der Waals surface area contributed by atoms with E-state index >= 15 is 0 Å². The zero-order valence-corrected chi connectivity index (χ0v) is 15.7. The van der Waals surface area contributed by atoms with Crippen LogP contribution in [0.25, 0.3) is 11.0 Å². The highest BCUT2D eigenvalue weighted by Gasteiger charge is 2.26. The second-order valence-corrected chi connectivity index (χ2v) is 7.00. The number of aromatic nitrogens is 1. The van der Waals surface area contributed by atoms with Gasteiger partial charge in [0.15, 0.2) is 16.6 Å². The van der Waals surface area contributed by atoms with E-state index in [1.807, 2.05) is 24.3 Å². The Morgan fingerprint density at radius 3 is 2.74 bits per heavy atom. The number of thiazole rings is 1. The molecule has 0 bridgehead atoms.